The lowest BCUT2D eigenvalue weighted by molar-refractivity contribution is -0.132. The van der Waals surface area contributed by atoms with E-state index in [0.29, 0.717) is 19.6 Å². The van der Waals surface area contributed by atoms with Gasteiger partial charge in [-0.05, 0) is 24.3 Å². The molecule has 0 saturated carbocycles. The molecule has 1 aliphatic rings. The van der Waals surface area contributed by atoms with Gasteiger partial charge in [0.15, 0.2) is 0 Å². The maximum absolute atomic E-state index is 12.5. The van der Waals surface area contributed by atoms with E-state index in [0.717, 1.165) is 31.9 Å². The van der Waals surface area contributed by atoms with Gasteiger partial charge in [-0.15, -0.1) is 13.2 Å². The number of nitrogens with zero attached hydrogens (tertiary/aromatic N) is 3. The second kappa shape index (κ2) is 9.13. The van der Waals surface area contributed by atoms with Gasteiger partial charge in [-0.2, -0.15) is 0 Å². The number of hydrogen-bond donors (Lipinski definition) is 0. The highest BCUT2D eigenvalue weighted by Crippen LogP contribution is 2.20. The number of carbonyl (C=O) groups is 1. The summed E-state index contributed by atoms with van der Waals surface area (Å²) in [4.78, 5) is 18.7. The van der Waals surface area contributed by atoms with E-state index in [2.05, 4.69) is 30.2 Å². The lowest BCUT2D eigenvalue weighted by Gasteiger charge is -2.37. The number of benzene rings is 1. The molecule has 0 radical (unpaired) electrons. The Hall–Kier alpha value is -2.27. The van der Waals surface area contributed by atoms with Gasteiger partial charge in [0.1, 0.15) is 5.75 Å². The van der Waals surface area contributed by atoms with Crippen LogP contribution in [0.2, 0.25) is 0 Å². The molecular formula is C19H27N3O2. The maximum Gasteiger partial charge on any atom is 0.236 e. The van der Waals surface area contributed by atoms with Crippen LogP contribution >= 0.6 is 0 Å². The van der Waals surface area contributed by atoms with Crippen LogP contribution in [0, 0.1) is 0 Å². The van der Waals surface area contributed by atoms with Gasteiger partial charge in [0.25, 0.3) is 0 Å². The lowest BCUT2D eigenvalue weighted by Crippen LogP contribution is -2.51. The fraction of sp³-hybridized carbons (Fsp3) is 0.421. The van der Waals surface area contributed by atoms with E-state index in [1.807, 2.05) is 34.1 Å². The fourth-order valence-corrected chi connectivity index (χ4v) is 2.87. The number of hydrogen-bond acceptors (Lipinski definition) is 4. The molecule has 1 fully saturated rings. The quantitative estimate of drug-likeness (QED) is 0.684. The summed E-state index contributed by atoms with van der Waals surface area (Å²) in [6.45, 7) is 12.5. The summed E-state index contributed by atoms with van der Waals surface area (Å²) in [5.41, 5.74) is 1.17. The second-order valence-electron chi connectivity index (χ2n) is 5.84. The Balaban J connectivity index is 1.85. The smallest absolute Gasteiger partial charge is 0.236 e. The standard InChI is InChI=1S/C19H27N3O2/c1-4-10-20(11-5-2)16-19(23)22-14-12-21(13-15-22)17-6-8-18(24-3)9-7-17/h4-9H,1-2,10-16H2,3H3. The summed E-state index contributed by atoms with van der Waals surface area (Å²) < 4.78 is 5.19. The molecule has 0 aromatic heterocycles. The Morgan fingerprint density at radius 2 is 1.71 bits per heavy atom. The third-order valence-electron chi connectivity index (χ3n) is 4.20. The van der Waals surface area contributed by atoms with E-state index in [-0.39, 0.29) is 5.91 Å². The summed E-state index contributed by atoms with van der Waals surface area (Å²) >= 11 is 0. The molecule has 0 aliphatic carbocycles. The highest BCUT2D eigenvalue weighted by molar-refractivity contribution is 5.78. The van der Waals surface area contributed by atoms with Crippen molar-refractivity contribution in [3.63, 3.8) is 0 Å². The first-order valence-electron chi connectivity index (χ1n) is 8.29. The first-order chi connectivity index (χ1) is 11.7. The molecule has 2 rings (SSSR count). The van der Waals surface area contributed by atoms with Gasteiger partial charge in [-0.3, -0.25) is 9.69 Å². The predicted octanol–water partition coefficient (Wildman–Crippen LogP) is 2.02. The molecule has 0 atom stereocenters. The molecule has 0 spiro atoms. The predicted molar refractivity (Wildman–Crippen MR) is 98.6 cm³/mol. The van der Waals surface area contributed by atoms with Crippen molar-refractivity contribution in [1.29, 1.82) is 0 Å². The molecule has 1 amide bonds. The van der Waals surface area contributed by atoms with Crippen LogP contribution < -0.4 is 9.64 Å². The number of ether oxygens (including phenoxy) is 1. The van der Waals surface area contributed by atoms with Gasteiger partial charge >= 0.3 is 0 Å². The Morgan fingerprint density at radius 1 is 1.12 bits per heavy atom. The van der Waals surface area contributed by atoms with Gasteiger partial charge in [-0.1, -0.05) is 12.2 Å². The summed E-state index contributed by atoms with van der Waals surface area (Å²) in [5, 5.41) is 0. The van der Waals surface area contributed by atoms with Crippen LogP contribution in [0.3, 0.4) is 0 Å². The average molecular weight is 329 g/mol. The Kier molecular flexibility index (Phi) is 6.88. The maximum atomic E-state index is 12.5. The molecule has 0 N–H and O–H groups in total. The summed E-state index contributed by atoms with van der Waals surface area (Å²) in [6.07, 6.45) is 3.64. The number of piperazine rings is 1. The molecule has 1 heterocycles. The second-order valence-corrected chi connectivity index (χ2v) is 5.84. The molecule has 1 aromatic carbocycles. The monoisotopic (exact) mass is 329 g/mol. The molecule has 1 aromatic rings. The van der Waals surface area contributed by atoms with Crippen LogP contribution in [-0.4, -0.2) is 68.6 Å². The summed E-state index contributed by atoms with van der Waals surface area (Å²) in [7, 11) is 1.67. The van der Waals surface area contributed by atoms with Crippen LogP contribution in [0.15, 0.2) is 49.6 Å². The number of methoxy groups -OCH3 is 1. The van der Waals surface area contributed by atoms with Gasteiger partial charge in [0, 0.05) is 45.0 Å². The first kappa shape index (κ1) is 18.1. The molecule has 5 nitrogen and oxygen atoms in total. The minimum absolute atomic E-state index is 0.174. The summed E-state index contributed by atoms with van der Waals surface area (Å²) in [6, 6.07) is 8.06. The van der Waals surface area contributed by atoms with Crippen molar-refractivity contribution in [2.24, 2.45) is 0 Å². The van der Waals surface area contributed by atoms with E-state index in [9.17, 15) is 4.79 Å². The molecule has 0 unspecified atom stereocenters. The topological polar surface area (TPSA) is 36.0 Å². The number of amides is 1. The van der Waals surface area contributed by atoms with E-state index < -0.39 is 0 Å². The van der Waals surface area contributed by atoms with Gasteiger partial charge in [-0.25, -0.2) is 0 Å². The van der Waals surface area contributed by atoms with Crippen molar-refractivity contribution in [2.75, 3.05) is 57.8 Å². The highest BCUT2D eigenvalue weighted by atomic mass is 16.5. The minimum atomic E-state index is 0.174. The molecule has 1 saturated heterocycles. The van der Waals surface area contributed by atoms with Crippen molar-refractivity contribution in [1.82, 2.24) is 9.80 Å². The first-order valence-corrected chi connectivity index (χ1v) is 8.29. The molecule has 1 aliphatic heterocycles. The zero-order valence-corrected chi connectivity index (χ0v) is 14.5. The van der Waals surface area contributed by atoms with Crippen LogP contribution in [0.5, 0.6) is 5.75 Å². The highest BCUT2D eigenvalue weighted by Gasteiger charge is 2.22. The van der Waals surface area contributed by atoms with Crippen LogP contribution in [0.1, 0.15) is 0 Å². The van der Waals surface area contributed by atoms with E-state index in [4.69, 9.17) is 4.74 Å². The average Bonchev–Trinajstić information content (AvgIpc) is 2.62. The number of rotatable bonds is 8. The molecule has 24 heavy (non-hydrogen) atoms. The van der Waals surface area contributed by atoms with Crippen LogP contribution in [0.4, 0.5) is 5.69 Å². The van der Waals surface area contributed by atoms with Crippen molar-refractivity contribution >= 4 is 11.6 Å². The van der Waals surface area contributed by atoms with Gasteiger partial charge in [0.2, 0.25) is 5.91 Å². The summed E-state index contributed by atoms with van der Waals surface area (Å²) in [5.74, 6) is 1.03. The largest absolute Gasteiger partial charge is 0.497 e. The third kappa shape index (κ3) is 4.86. The van der Waals surface area contributed by atoms with Crippen LogP contribution in [-0.2, 0) is 4.79 Å². The third-order valence-corrected chi connectivity index (χ3v) is 4.20. The van der Waals surface area contributed by atoms with E-state index >= 15 is 0 Å². The van der Waals surface area contributed by atoms with Crippen molar-refractivity contribution in [2.45, 2.75) is 0 Å². The van der Waals surface area contributed by atoms with Gasteiger partial charge < -0.3 is 14.5 Å². The Labute approximate surface area is 144 Å². The minimum Gasteiger partial charge on any atom is -0.497 e. The molecule has 5 heteroatoms. The molecule has 130 valence electrons. The normalized spacial score (nSPS) is 14.6. The van der Waals surface area contributed by atoms with E-state index in [1.165, 1.54) is 5.69 Å². The van der Waals surface area contributed by atoms with Gasteiger partial charge in [0.05, 0.1) is 13.7 Å². The van der Waals surface area contributed by atoms with E-state index in [1.54, 1.807) is 7.11 Å². The van der Waals surface area contributed by atoms with Crippen molar-refractivity contribution in [3.8, 4) is 5.75 Å². The van der Waals surface area contributed by atoms with Crippen molar-refractivity contribution < 1.29 is 9.53 Å². The molecule has 0 bridgehead atoms. The zero-order valence-electron chi connectivity index (χ0n) is 14.5. The lowest BCUT2D eigenvalue weighted by atomic mass is 10.2. The number of anilines is 1. The number of carbonyl (C=O) groups excluding carboxylic acids is 1. The fourth-order valence-electron chi connectivity index (χ4n) is 2.87. The Bertz CT molecular complexity index is 538. The SMILES string of the molecule is C=CCN(CC=C)CC(=O)N1CCN(c2ccc(OC)cc2)CC1. The molecular weight excluding hydrogens is 302 g/mol. The Morgan fingerprint density at radius 3 is 2.21 bits per heavy atom. The van der Waals surface area contributed by atoms with Crippen LogP contribution in [0.25, 0.3) is 0 Å². The van der Waals surface area contributed by atoms with Crippen molar-refractivity contribution in [3.05, 3.63) is 49.6 Å². The zero-order chi connectivity index (χ0) is 17.4.